The fourth-order valence-electron chi connectivity index (χ4n) is 5.64. The van der Waals surface area contributed by atoms with E-state index in [1.54, 1.807) is 22.6 Å². The van der Waals surface area contributed by atoms with Crippen molar-refractivity contribution in [3.63, 3.8) is 0 Å². The van der Waals surface area contributed by atoms with Crippen LogP contribution in [0.15, 0.2) is 41.4 Å². The van der Waals surface area contributed by atoms with Crippen molar-refractivity contribution in [2.24, 2.45) is 5.92 Å². The Morgan fingerprint density at radius 3 is 2.62 bits per heavy atom. The van der Waals surface area contributed by atoms with Crippen LogP contribution in [0.2, 0.25) is 0 Å². The van der Waals surface area contributed by atoms with E-state index in [1.165, 1.54) is 25.7 Å². The van der Waals surface area contributed by atoms with Crippen LogP contribution in [0.5, 0.6) is 0 Å². The van der Waals surface area contributed by atoms with Crippen LogP contribution in [0.25, 0.3) is 10.9 Å². The van der Waals surface area contributed by atoms with Gasteiger partial charge in [-0.1, -0.05) is 43.9 Å². The van der Waals surface area contributed by atoms with Gasteiger partial charge >= 0.3 is 0 Å². The summed E-state index contributed by atoms with van der Waals surface area (Å²) in [4.78, 5) is 19.5. The molecule has 1 aliphatic carbocycles. The Morgan fingerprint density at radius 1 is 1.09 bits per heavy atom. The third kappa shape index (κ3) is 4.05. The highest BCUT2D eigenvalue weighted by atomic mass is 32.2. The van der Waals surface area contributed by atoms with Crippen molar-refractivity contribution in [2.75, 3.05) is 25.4 Å². The molecule has 8 heteroatoms. The molecule has 0 N–H and O–H groups in total. The van der Waals surface area contributed by atoms with Crippen molar-refractivity contribution in [1.82, 2.24) is 14.2 Å². The Kier molecular flexibility index (Phi) is 6.20. The van der Waals surface area contributed by atoms with Crippen LogP contribution in [0.3, 0.4) is 0 Å². The minimum Gasteiger partial charge on any atom is -0.327 e. The third-order valence-electron chi connectivity index (χ3n) is 7.44. The van der Waals surface area contributed by atoms with Crippen LogP contribution in [-0.2, 0) is 14.8 Å². The molecular weight excluding hydrogens is 442 g/mol. The molecule has 6 nitrogen and oxygen atoms in total. The molecule has 0 bridgehead atoms. The Labute approximate surface area is 194 Å². The average Bonchev–Trinajstić information content (AvgIpc) is 3.48. The monoisotopic (exact) mass is 473 g/mol. The van der Waals surface area contributed by atoms with Gasteiger partial charge in [-0.05, 0) is 37.3 Å². The number of benzene rings is 1. The van der Waals surface area contributed by atoms with Crippen molar-refractivity contribution in [1.29, 1.82) is 0 Å². The number of thioether (sulfide) groups is 1. The molecule has 0 atom stereocenters. The minimum absolute atomic E-state index is 0.240. The Bertz CT molecular complexity index is 1090. The van der Waals surface area contributed by atoms with Crippen LogP contribution in [0.4, 0.5) is 0 Å². The van der Waals surface area contributed by atoms with E-state index in [2.05, 4.69) is 9.88 Å². The maximum absolute atomic E-state index is 13.5. The van der Waals surface area contributed by atoms with E-state index in [4.69, 9.17) is 0 Å². The molecule has 1 spiro atoms. The number of fused-ring (bicyclic) bond motifs is 1. The first-order chi connectivity index (χ1) is 15.5. The van der Waals surface area contributed by atoms with Gasteiger partial charge in [0.2, 0.25) is 15.9 Å². The summed E-state index contributed by atoms with van der Waals surface area (Å²) in [5.41, 5.74) is 0.522. The van der Waals surface area contributed by atoms with E-state index in [0.717, 1.165) is 24.1 Å². The fraction of sp³-hybridized carbons (Fsp3) is 0.583. The lowest BCUT2D eigenvalue weighted by atomic mass is 9.99. The van der Waals surface area contributed by atoms with Crippen molar-refractivity contribution < 1.29 is 13.2 Å². The maximum Gasteiger partial charge on any atom is 0.245 e. The van der Waals surface area contributed by atoms with Gasteiger partial charge in [-0.15, -0.1) is 11.8 Å². The average molecular weight is 474 g/mol. The van der Waals surface area contributed by atoms with Crippen molar-refractivity contribution >= 4 is 38.6 Å². The molecule has 3 fully saturated rings. The van der Waals surface area contributed by atoms with Gasteiger partial charge in [0.1, 0.15) is 4.90 Å². The summed E-state index contributed by atoms with van der Waals surface area (Å²) in [6.07, 6.45) is 9.79. The molecule has 3 heterocycles. The maximum atomic E-state index is 13.5. The third-order valence-corrected chi connectivity index (χ3v) is 10.9. The first-order valence-corrected chi connectivity index (χ1v) is 14.2. The van der Waals surface area contributed by atoms with Gasteiger partial charge in [-0.25, -0.2) is 8.42 Å². The molecule has 1 aromatic carbocycles. The normalized spacial score (nSPS) is 22.2. The molecule has 2 aromatic rings. The topological polar surface area (TPSA) is 70.6 Å². The zero-order valence-electron chi connectivity index (χ0n) is 18.4. The van der Waals surface area contributed by atoms with Crippen molar-refractivity contribution in [3.8, 4) is 0 Å². The predicted molar refractivity (Wildman–Crippen MR) is 128 cm³/mol. The molecule has 2 saturated heterocycles. The van der Waals surface area contributed by atoms with Gasteiger partial charge in [0.05, 0.1) is 10.4 Å². The number of pyridine rings is 1. The first kappa shape index (κ1) is 22.2. The summed E-state index contributed by atoms with van der Waals surface area (Å²) >= 11 is 1.84. The number of rotatable bonds is 5. The molecule has 1 amide bonds. The lowest BCUT2D eigenvalue weighted by Crippen LogP contribution is -2.53. The molecule has 3 aliphatic rings. The lowest BCUT2D eigenvalue weighted by molar-refractivity contribution is -0.134. The van der Waals surface area contributed by atoms with Gasteiger partial charge in [-0.2, -0.15) is 4.31 Å². The van der Waals surface area contributed by atoms with Gasteiger partial charge < -0.3 is 4.90 Å². The number of carbonyl (C=O) groups excluding carboxylic acids is 1. The van der Waals surface area contributed by atoms with E-state index < -0.39 is 10.0 Å². The molecule has 172 valence electrons. The summed E-state index contributed by atoms with van der Waals surface area (Å²) in [7, 11) is -3.64. The SMILES string of the molecule is O=C(CCC1CCCC1)N1CCSC12CCN(S(=O)(=O)c1cccc3cccnc13)CC2. The highest BCUT2D eigenvalue weighted by molar-refractivity contribution is 8.00. The van der Waals surface area contributed by atoms with Crippen LogP contribution in [0.1, 0.15) is 51.4 Å². The largest absolute Gasteiger partial charge is 0.327 e. The van der Waals surface area contributed by atoms with E-state index in [0.29, 0.717) is 43.8 Å². The standard InChI is InChI=1S/C24H31N3O3S2/c28-22(11-10-19-5-1-2-6-19)27-17-18-31-24(27)12-15-26(16-13-24)32(29,30)21-9-3-7-20-8-4-14-25-23(20)21/h3-4,7-9,14,19H,1-2,5-6,10-13,15-18H2. The summed E-state index contributed by atoms with van der Waals surface area (Å²) in [6.45, 7) is 1.66. The lowest BCUT2D eigenvalue weighted by Gasteiger charge is -2.43. The van der Waals surface area contributed by atoms with Crippen molar-refractivity contribution in [2.45, 2.75) is 61.1 Å². The van der Waals surface area contributed by atoms with Crippen LogP contribution in [0, 0.1) is 5.92 Å². The van der Waals surface area contributed by atoms with E-state index >= 15 is 0 Å². The number of nitrogens with zero attached hydrogens (tertiary/aromatic N) is 3. The van der Waals surface area contributed by atoms with E-state index in [9.17, 15) is 13.2 Å². The van der Waals surface area contributed by atoms with Gasteiger partial charge in [0.15, 0.2) is 0 Å². The molecular formula is C24H31N3O3S2. The molecule has 0 unspecified atom stereocenters. The van der Waals surface area contributed by atoms with Crippen LogP contribution < -0.4 is 0 Å². The molecule has 2 aliphatic heterocycles. The second-order valence-electron chi connectivity index (χ2n) is 9.26. The molecule has 1 aromatic heterocycles. The number of hydrogen-bond donors (Lipinski definition) is 0. The number of sulfonamides is 1. The molecule has 1 saturated carbocycles. The summed E-state index contributed by atoms with van der Waals surface area (Å²) in [5.74, 6) is 1.91. The summed E-state index contributed by atoms with van der Waals surface area (Å²) < 4.78 is 28.5. The molecule has 32 heavy (non-hydrogen) atoms. The number of amides is 1. The first-order valence-electron chi connectivity index (χ1n) is 11.8. The minimum atomic E-state index is -3.64. The molecule has 0 radical (unpaired) electrons. The molecule has 5 rings (SSSR count). The van der Waals surface area contributed by atoms with Crippen LogP contribution >= 0.6 is 11.8 Å². The van der Waals surface area contributed by atoms with Crippen molar-refractivity contribution in [3.05, 3.63) is 36.5 Å². The van der Waals surface area contributed by atoms with E-state index in [-0.39, 0.29) is 15.7 Å². The quantitative estimate of drug-likeness (QED) is 0.649. The van der Waals surface area contributed by atoms with Gasteiger partial charge in [0.25, 0.3) is 0 Å². The second-order valence-corrected chi connectivity index (χ2v) is 12.6. The number of aromatic nitrogens is 1. The summed E-state index contributed by atoms with van der Waals surface area (Å²) in [5, 5.41) is 0.826. The Morgan fingerprint density at radius 2 is 1.84 bits per heavy atom. The summed E-state index contributed by atoms with van der Waals surface area (Å²) in [6, 6.07) is 9.02. The number of para-hydroxylation sites is 1. The zero-order chi connectivity index (χ0) is 22.2. The fourth-order valence-corrected chi connectivity index (χ4v) is 8.72. The Hall–Kier alpha value is -1.64. The smallest absolute Gasteiger partial charge is 0.245 e. The number of hydrogen-bond acceptors (Lipinski definition) is 5. The highest BCUT2D eigenvalue weighted by Crippen LogP contribution is 2.45. The number of carbonyl (C=O) groups is 1. The Balaban J connectivity index is 1.28. The number of piperidine rings is 1. The zero-order valence-corrected chi connectivity index (χ0v) is 20.0. The van der Waals surface area contributed by atoms with Crippen LogP contribution in [-0.4, -0.2) is 58.8 Å². The van der Waals surface area contributed by atoms with Gasteiger partial charge in [-0.3, -0.25) is 9.78 Å². The van der Waals surface area contributed by atoms with Gasteiger partial charge in [0, 0.05) is 43.4 Å². The second kappa shape index (κ2) is 8.95. The highest BCUT2D eigenvalue weighted by Gasteiger charge is 2.47. The van der Waals surface area contributed by atoms with E-state index in [1.807, 2.05) is 30.0 Å². The predicted octanol–water partition coefficient (Wildman–Crippen LogP) is 4.26.